The summed E-state index contributed by atoms with van der Waals surface area (Å²) in [4.78, 5) is 9.28. The van der Waals surface area contributed by atoms with Crippen molar-refractivity contribution in [1.82, 2.24) is 19.1 Å². The van der Waals surface area contributed by atoms with Gasteiger partial charge < -0.3 is 4.57 Å². The fraction of sp³-hybridized carbons (Fsp3) is 0.0952. The first-order valence-electron chi connectivity index (χ1n) is 15.8. The maximum absolute atomic E-state index is 5.06. The average Bonchev–Trinajstić information content (AvgIpc) is 3.72. The minimum absolute atomic E-state index is 0.141. The maximum Gasteiger partial charge on any atom is 0.145 e. The Morgan fingerprint density at radius 3 is 2.04 bits per heavy atom. The molecule has 3 heterocycles. The fourth-order valence-electron chi connectivity index (χ4n) is 7.57. The summed E-state index contributed by atoms with van der Waals surface area (Å²) in [5, 5.41) is 1.32. The van der Waals surface area contributed by atoms with Crippen molar-refractivity contribution in [3.63, 3.8) is 0 Å². The van der Waals surface area contributed by atoms with Gasteiger partial charge in [0.05, 0.1) is 16.7 Å². The molecule has 220 valence electrons. The van der Waals surface area contributed by atoms with Crippen molar-refractivity contribution in [2.75, 3.05) is 0 Å². The largest absolute Gasteiger partial charge is 0.343 e. The van der Waals surface area contributed by atoms with Crippen molar-refractivity contribution >= 4 is 21.9 Å². The van der Waals surface area contributed by atoms with Crippen molar-refractivity contribution in [3.05, 3.63) is 151 Å². The molecule has 0 fully saturated rings. The quantitative estimate of drug-likeness (QED) is 0.204. The van der Waals surface area contributed by atoms with Gasteiger partial charge in [0, 0.05) is 52.6 Å². The van der Waals surface area contributed by atoms with E-state index < -0.39 is 0 Å². The highest BCUT2D eigenvalue weighted by Gasteiger charge is 2.40. The van der Waals surface area contributed by atoms with Crippen LogP contribution in [0.5, 0.6) is 0 Å². The number of hydrogen-bond donors (Lipinski definition) is 0. The zero-order valence-electron chi connectivity index (χ0n) is 26.1. The Bertz CT molecular complexity index is 2430. The summed E-state index contributed by atoms with van der Waals surface area (Å²) < 4.78 is 4.63. The summed E-state index contributed by atoms with van der Waals surface area (Å²) in [7, 11) is 2.20. The van der Waals surface area contributed by atoms with Crippen LogP contribution in [0.15, 0.2) is 140 Å². The van der Waals surface area contributed by atoms with Crippen molar-refractivity contribution in [2.45, 2.75) is 19.3 Å². The molecule has 0 unspecified atom stereocenters. The summed E-state index contributed by atoms with van der Waals surface area (Å²) in [5.74, 6) is 0.947. The fourth-order valence-corrected chi connectivity index (χ4v) is 7.57. The number of nitrogens with zero attached hydrogens (tertiary/aromatic N) is 4. The third kappa shape index (κ3) is 3.86. The Kier molecular flexibility index (Phi) is 5.72. The summed E-state index contributed by atoms with van der Waals surface area (Å²) in [6.45, 7) is 4.74. The van der Waals surface area contributed by atoms with Crippen LogP contribution in [0.4, 0.5) is 0 Å². The summed E-state index contributed by atoms with van der Waals surface area (Å²) in [6, 6.07) is 45.7. The molecule has 3 aromatic heterocycles. The van der Waals surface area contributed by atoms with Crippen LogP contribution < -0.4 is 0 Å². The van der Waals surface area contributed by atoms with Gasteiger partial charge >= 0.3 is 0 Å². The predicted molar refractivity (Wildman–Crippen MR) is 189 cm³/mol. The number of aryl methyl sites for hydroxylation is 1. The average molecular weight is 593 g/mol. The van der Waals surface area contributed by atoms with E-state index >= 15 is 0 Å². The Balaban J connectivity index is 1.12. The van der Waals surface area contributed by atoms with Crippen molar-refractivity contribution in [2.24, 2.45) is 7.05 Å². The van der Waals surface area contributed by atoms with Crippen molar-refractivity contribution in [1.29, 1.82) is 0 Å². The molecule has 1 aliphatic rings. The molecule has 8 aromatic rings. The molecule has 0 atom stereocenters. The molecule has 9 rings (SSSR count). The lowest BCUT2D eigenvalue weighted by Crippen LogP contribution is -2.15. The highest BCUT2D eigenvalue weighted by Crippen LogP contribution is 2.53. The Morgan fingerprint density at radius 1 is 0.587 bits per heavy atom. The molecule has 5 aromatic carbocycles. The molecule has 1 aliphatic carbocycles. The topological polar surface area (TPSA) is 35.6 Å². The van der Waals surface area contributed by atoms with E-state index in [0.29, 0.717) is 0 Å². The smallest absolute Gasteiger partial charge is 0.145 e. The second-order valence-electron chi connectivity index (χ2n) is 12.8. The van der Waals surface area contributed by atoms with Gasteiger partial charge in [-0.25, -0.2) is 4.98 Å². The standard InChI is InChI=1S/C42H32N4/c1-42(2)35-26-31(17-19-33(35)40-39(42)34-25-30(18-20-37(34)45(40)3)28-21-23-43-24-22-28)27-13-15-29(16-14-27)41-44-36-11-7-8-12-38(36)46(41)32-9-5-4-6-10-32/h4-26H,1-3H3. The monoisotopic (exact) mass is 592 g/mol. The van der Waals surface area contributed by atoms with Gasteiger partial charge in [0.15, 0.2) is 0 Å². The molecular weight excluding hydrogens is 560 g/mol. The first-order chi connectivity index (χ1) is 22.5. The second-order valence-corrected chi connectivity index (χ2v) is 12.8. The first-order valence-corrected chi connectivity index (χ1v) is 15.8. The summed E-state index contributed by atoms with van der Waals surface area (Å²) >= 11 is 0. The second kappa shape index (κ2) is 9.88. The number of benzene rings is 5. The Hall–Kier alpha value is -5.74. The predicted octanol–water partition coefficient (Wildman–Crippen LogP) is 10.2. The lowest BCUT2D eigenvalue weighted by Gasteiger charge is -2.22. The van der Waals surface area contributed by atoms with Crippen LogP contribution in [0, 0.1) is 0 Å². The van der Waals surface area contributed by atoms with E-state index in [4.69, 9.17) is 4.98 Å². The zero-order valence-corrected chi connectivity index (χ0v) is 26.1. The van der Waals surface area contributed by atoms with E-state index in [1.807, 2.05) is 18.5 Å². The molecular formula is C42H32N4. The zero-order chi connectivity index (χ0) is 31.0. The molecule has 0 saturated heterocycles. The third-order valence-corrected chi connectivity index (χ3v) is 9.84. The molecule has 0 saturated carbocycles. The molecule has 0 radical (unpaired) electrons. The van der Waals surface area contributed by atoms with Crippen molar-refractivity contribution in [3.8, 4) is 50.6 Å². The Morgan fingerprint density at radius 2 is 1.24 bits per heavy atom. The summed E-state index contributed by atoms with van der Waals surface area (Å²) in [6.07, 6.45) is 3.73. The number of imidazole rings is 1. The number of rotatable bonds is 4. The van der Waals surface area contributed by atoms with E-state index in [1.165, 1.54) is 55.5 Å². The van der Waals surface area contributed by atoms with Crippen LogP contribution in [0.3, 0.4) is 0 Å². The van der Waals surface area contributed by atoms with Crippen LogP contribution in [0.2, 0.25) is 0 Å². The SMILES string of the molecule is Cn1c2c(c3cc(-c4ccncc4)ccc31)C(C)(C)c1cc(-c3ccc(-c4nc5ccccc5n4-c4ccccc4)cc3)ccc1-2. The molecule has 4 heteroatoms. The van der Waals surface area contributed by atoms with Gasteiger partial charge in [-0.2, -0.15) is 0 Å². The molecule has 0 amide bonds. The normalized spacial score (nSPS) is 13.3. The minimum atomic E-state index is -0.141. The molecule has 0 aliphatic heterocycles. The number of pyridine rings is 1. The van der Waals surface area contributed by atoms with Crippen LogP contribution in [0.25, 0.3) is 72.5 Å². The van der Waals surface area contributed by atoms with Crippen LogP contribution >= 0.6 is 0 Å². The van der Waals surface area contributed by atoms with Crippen LogP contribution in [-0.2, 0) is 12.5 Å². The van der Waals surface area contributed by atoms with E-state index in [-0.39, 0.29) is 5.41 Å². The van der Waals surface area contributed by atoms with Gasteiger partial charge in [-0.15, -0.1) is 0 Å². The van der Waals surface area contributed by atoms with Gasteiger partial charge in [0.2, 0.25) is 0 Å². The van der Waals surface area contributed by atoms with Gasteiger partial charge in [0.25, 0.3) is 0 Å². The lowest BCUT2D eigenvalue weighted by molar-refractivity contribution is 0.666. The first kappa shape index (κ1) is 26.6. The number of fused-ring (bicyclic) bond motifs is 6. The van der Waals surface area contributed by atoms with Gasteiger partial charge in [-0.05, 0) is 88.0 Å². The molecule has 4 nitrogen and oxygen atoms in total. The van der Waals surface area contributed by atoms with Gasteiger partial charge in [0.1, 0.15) is 5.82 Å². The van der Waals surface area contributed by atoms with E-state index in [0.717, 1.165) is 28.1 Å². The van der Waals surface area contributed by atoms with Gasteiger partial charge in [-0.3, -0.25) is 9.55 Å². The van der Waals surface area contributed by atoms with Crippen molar-refractivity contribution < 1.29 is 0 Å². The van der Waals surface area contributed by atoms with E-state index in [2.05, 4.69) is 156 Å². The van der Waals surface area contributed by atoms with Gasteiger partial charge in [-0.1, -0.05) is 86.6 Å². The van der Waals surface area contributed by atoms with Crippen LogP contribution in [0.1, 0.15) is 25.0 Å². The lowest BCUT2D eigenvalue weighted by atomic mass is 9.80. The molecule has 0 spiro atoms. The van der Waals surface area contributed by atoms with E-state index in [9.17, 15) is 0 Å². The molecule has 0 bridgehead atoms. The molecule has 46 heavy (non-hydrogen) atoms. The highest BCUT2D eigenvalue weighted by molar-refractivity contribution is 6.00. The summed E-state index contributed by atoms with van der Waals surface area (Å²) in [5.41, 5.74) is 15.7. The molecule has 0 N–H and O–H groups in total. The maximum atomic E-state index is 5.06. The van der Waals surface area contributed by atoms with E-state index in [1.54, 1.807) is 0 Å². The highest BCUT2D eigenvalue weighted by atomic mass is 15.1. The van der Waals surface area contributed by atoms with Crippen LogP contribution in [-0.4, -0.2) is 19.1 Å². The Labute approximate surface area is 268 Å². The number of aromatic nitrogens is 4. The number of para-hydroxylation sites is 3. The number of hydrogen-bond acceptors (Lipinski definition) is 2. The third-order valence-electron chi connectivity index (χ3n) is 9.84. The minimum Gasteiger partial charge on any atom is -0.343 e.